The third kappa shape index (κ3) is 6.55. The molecule has 1 fully saturated rings. The van der Waals surface area contributed by atoms with Gasteiger partial charge in [-0.3, -0.25) is 9.59 Å². The first kappa shape index (κ1) is 21.7. The van der Waals surface area contributed by atoms with Gasteiger partial charge in [0.25, 0.3) is 0 Å². The molecule has 2 unspecified atom stereocenters. The number of carbonyl (C=O) groups excluding carboxylic acids is 2. The van der Waals surface area contributed by atoms with Crippen LogP contribution in [0, 0.1) is 11.8 Å². The van der Waals surface area contributed by atoms with Crippen molar-refractivity contribution < 1.29 is 19.5 Å². The summed E-state index contributed by atoms with van der Waals surface area (Å²) in [4.78, 5) is 37.6. The number of likely N-dealkylation sites (tertiary alicyclic amines) is 1. The lowest BCUT2D eigenvalue weighted by molar-refractivity contribution is -0.138. The Morgan fingerprint density at radius 3 is 2.68 bits per heavy atom. The van der Waals surface area contributed by atoms with Crippen LogP contribution >= 0.6 is 0 Å². The molecule has 1 saturated heterocycles. The summed E-state index contributed by atoms with van der Waals surface area (Å²) >= 11 is 0. The molecule has 154 valence electrons. The van der Waals surface area contributed by atoms with Gasteiger partial charge >= 0.3 is 12.0 Å². The van der Waals surface area contributed by atoms with Crippen LogP contribution in [0.5, 0.6) is 0 Å². The Kier molecular flexibility index (Phi) is 7.84. The molecule has 7 heteroatoms. The summed E-state index contributed by atoms with van der Waals surface area (Å²) in [6.07, 6.45) is 2.14. The van der Waals surface area contributed by atoms with Gasteiger partial charge < -0.3 is 20.6 Å². The second-order valence-corrected chi connectivity index (χ2v) is 7.97. The van der Waals surface area contributed by atoms with E-state index in [1.807, 2.05) is 0 Å². The van der Waals surface area contributed by atoms with Crippen molar-refractivity contribution >= 4 is 23.6 Å². The lowest BCUT2D eigenvalue weighted by Crippen LogP contribution is -2.46. The molecule has 3 N–H and O–H groups in total. The van der Waals surface area contributed by atoms with E-state index < -0.39 is 11.9 Å². The molecule has 7 nitrogen and oxygen atoms in total. The fourth-order valence-electron chi connectivity index (χ4n) is 3.32. The highest BCUT2D eigenvalue weighted by Crippen LogP contribution is 2.22. The van der Waals surface area contributed by atoms with E-state index in [9.17, 15) is 14.4 Å². The maximum atomic E-state index is 12.4. The maximum absolute atomic E-state index is 12.4. The summed E-state index contributed by atoms with van der Waals surface area (Å²) < 4.78 is 0. The van der Waals surface area contributed by atoms with E-state index in [4.69, 9.17) is 5.11 Å². The van der Waals surface area contributed by atoms with Crippen molar-refractivity contribution in [2.45, 2.75) is 46.0 Å². The number of carbonyl (C=O) groups is 3. The van der Waals surface area contributed by atoms with Crippen molar-refractivity contribution in [1.82, 2.24) is 10.2 Å². The number of nitrogens with zero attached hydrogens (tertiary/aromatic N) is 1. The van der Waals surface area contributed by atoms with E-state index >= 15 is 0 Å². The van der Waals surface area contributed by atoms with Gasteiger partial charge in [-0.05, 0) is 49.3 Å². The molecule has 0 spiro atoms. The molecule has 1 aliphatic rings. The Hall–Kier alpha value is -2.57. The van der Waals surface area contributed by atoms with Gasteiger partial charge in [0.2, 0.25) is 5.91 Å². The molecule has 0 saturated carbocycles. The van der Waals surface area contributed by atoms with Crippen molar-refractivity contribution in [2.75, 3.05) is 25.0 Å². The SMILES string of the molecule is CC(C)CNC(=O)N1CCCC(CC(=O)Nc2cccc(C(C)C(=O)O)c2)C1. The highest BCUT2D eigenvalue weighted by molar-refractivity contribution is 5.91. The third-order valence-corrected chi connectivity index (χ3v) is 4.98. The number of rotatable bonds is 7. The summed E-state index contributed by atoms with van der Waals surface area (Å²) in [6.45, 7) is 7.66. The summed E-state index contributed by atoms with van der Waals surface area (Å²) in [7, 11) is 0. The number of hydrogen-bond donors (Lipinski definition) is 3. The number of hydrogen-bond acceptors (Lipinski definition) is 3. The largest absolute Gasteiger partial charge is 0.481 e. The van der Waals surface area contributed by atoms with Gasteiger partial charge in [-0.1, -0.05) is 26.0 Å². The van der Waals surface area contributed by atoms with Crippen molar-refractivity contribution in [3.8, 4) is 0 Å². The van der Waals surface area contributed by atoms with Gasteiger partial charge in [-0.25, -0.2) is 4.79 Å². The lowest BCUT2D eigenvalue weighted by Gasteiger charge is -2.32. The third-order valence-electron chi connectivity index (χ3n) is 4.98. The minimum absolute atomic E-state index is 0.0610. The van der Waals surface area contributed by atoms with E-state index in [0.29, 0.717) is 36.7 Å². The molecule has 0 bridgehead atoms. The number of benzene rings is 1. The number of anilines is 1. The summed E-state index contributed by atoms with van der Waals surface area (Å²) in [5, 5.41) is 14.9. The molecule has 3 amide bonds. The Bertz CT molecular complexity index is 705. The van der Waals surface area contributed by atoms with E-state index in [1.54, 1.807) is 36.1 Å². The molecule has 0 aromatic heterocycles. The molecule has 2 rings (SSSR count). The zero-order valence-corrected chi connectivity index (χ0v) is 16.9. The fraction of sp³-hybridized carbons (Fsp3) is 0.571. The number of carboxylic acids is 1. The van der Waals surface area contributed by atoms with Crippen LogP contribution in [0.4, 0.5) is 10.5 Å². The Balaban J connectivity index is 1.88. The van der Waals surface area contributed by atoms with Gasteiger partial charge in [0.05, 0.1) is 5.92 Å². The number of amides is 3. The zero-order chi connectivity index (χ0) is 20.7. The van der Waals surface area contributed by atoms with Crippen LogP contribution in [0.25, 0.3) is 0 Å². The predicted octanol–water partition coefficient (Wildman–Crippen LogP) is 3.28. The molecule has 28 heavy (non-hydrogen) atoms. The number of nitrogens with one attached hydrogen (secondary N) is 2. The van der Waals surface area contributed by atoms with Gasteiger partial charge in [0.15, 0.2) is 0 Å². The normalized spacial score (nSPS) is 17.9. The van der Waals surface area contributed by atoms with E-state index in [0.717, 1.165) is 19.4 Å². The topological polar surface area (TPSA) is 98.7 Å². The Labute approximate surface area is 166 Å². The molecule has 2 atom stereocenters. The van der Waals surface area contributed by atoms with Gasteiger partial charge in [-0.2, -0.15) is 0 Å². The first-order valence-electron chi connectivity index (χ1n) is 9.91. The Morgan fingerprint density at radius 1 is 1.25 bits per heavy atom. The van der Waals surface area contributed by atoms with Crippen LogP contribution < -0.4 is 10.6 Å². The smallest absolute Gasteiger partial charge is 0.317 e. The Morgan fingerprint density at radius 2 is 2.00 bits per heavy atom. The minimum atomic E-state index is -0.901. The number of urea groups is 1. The van der Waals surface area contributed by atoms with E-state index in [1.165, 1.54) is 0 Å². The van der Waals surface area contributed by atoms with Crippen LogP contribution in [0.2, 0.25) is 0 Å². The highest BCUT2D eigenvalue weighted by atomic mass is 16.4. The summed E-state index contributed by atoms with van der Waals surface area (Å²) in [5.74, 6) is -1.13. The zero-order valence-electron chi connectivity index (χ0n) is 16.9. The number of piperidine rings is 1. The average Bonchev–Trinajstić information content (AvgIpc) is 2.65. The molecular weight excluding hydrogens is 358 g/mol. The summed E-state index contributed by atoms with van der Waals surface area (Å²) in [5.41, 5.74) is 1.24. The molecule has 1 aliphatic heterocycles. The molecular formula is C21H31N3O4. The van der Waals surface area contributed by atoms with Crippen LogP contribution in [-0.2, 0) is 9.59 Å². The van der Waals surface area contributed by atoms with Crippen LogP contribution in [0.3, 0.4) is 0 Å². The average molecular weight is 389 g/mol. The highest BCUT2D eigenvalue weighted by Gasteiger charge is 2.25. The van der Waals surface area contributed by atoms with Crippen LogP contribution in [-0.4, -0.2) is 47.5 Å². The molecule has 0 aliphatic carbocycles. The first-order chi connectivity index (χ1) is 13.3. The minimum Gasteiger partial charge on any atom is -0.481 e. The standard InChI is InChI=1S/C21H31N3O4/c1-14(2)12-22-21(28)24-9-5-6-16(13-24)10-19(25)23-18-8-4-7-17(11-18)15(3)20(26)27/h4,7-8,11,14-16H,5-6,9-10,12-13H2,1-3H3,(H,22,28)(H,23,25)(H,26,27). The number of carboxylic acid groups (broad SMARTS) is 1. The predicted molar refractivity (Wildman–Crippen MR) is 108 cm³/mol. The van der Waals surface area contributed by atoms with Crippen molar-refractivity contribution in [3.05, 3.63) is 29.8 Å². The molecule has 1 aromatic rings. The quantitative estimate of drug-likeness (QED) is 0.666. The molecule has 1 aromatic carbocycles. The van der Waals surface area contributed by atoms with E-state index in [2.05, 4.69) is 24.5 Å². The molecule has 0 radical (unpaired) electrons. The monoisotopic (exact) mass is 389 g/mol. The molecule has 1 heterocycles. The van der Waals surface area contributed by atoms with Crippen molar-refractivity contribution in [3.63, 3.8) is 0 Å². The van der Waals surface area contributed by atoms with E-state index in [-0.39, 0.29) is 17.9 Å². The van der Waals surface area contributed by atoms with Crippen LogP contribution in [0.15, 0.2) is 24.3 Å². The van der Waals surface area contributed by atoms with Crippen molar-refractivity contribution in [2.24, 2.45) is 11.8 Å². The maximum Gasteiger partial charge on any atom is 0.317 e. The fourth-order valence-corrected chi connectivity index (χ4v) is 3.32. The number of aliphatic carboxylic acids is 1. The van der Waals surface area contributed by atoms with Gasteiger partial charge in [0, 0.05) is 31.7 Å². The second kappa shape index (κ2) is 10.1. The lowest BCUT2D eigenvalue weighted by atomic mass is 9.94. The van der Waals surface area contributed by atoms with Gasteiger partial charge in [-0.15, -0.1) is 0 Å². The second-order valence-electron chi connectivity index (χ2n) is 7.97. The van der Waals surface area contributed by atoms with Crippen molar-refractivity contribution in [1.29, 1.82) is 0 Å². The summed E-state index contributed by atoms with van der Waals surface area (Å²) in [6, 6.07) is 6.87. The van der Waals surface area contributed by atoms with Gasteiger partial charge in [0.1, 0.15) is 0 Å². The first-order valence-corrected chi connectivity index (χ1v) is 9.91. The van der Waals surface area contributed by atoms with Crippen LogP contribution in [0.1, 0.15) is 51.5 Å².